The molecule has 1 aliphatic rings. The number of fused-ring (bicyclic) bond motifs is 7. The Bertz CT molecular complexity index is 4730. The molecule has 16 rings (SSSR count). The van der Waals surface area contributed by atoms with Crippen LogP contribution in [0, 0.1) is 27.7 Å². The number of nitrogens with zero attached hydrogens (tertiary/aromatic N) is 1. The first-order valence-electron chi connectivity index (χ1n) is 35.0. The molecule has 0 saturated carbocycles. The van der Waals surface area contributed by atoms with Crippen LogP contribution in [0.4, 0.5) is 0 Å². The molecular weight excluding hydrogens is 1180 g/mol. The summed E-state index contributed by atoms with van der Waals surface area (Å²) in [6, 6.07) is 97.4. The molecule has 0 amide bonds. The minimum absolute atomic E-state index is 0.344. The van der Waals surface area contributed by atoms with Crippen LogP contribution < -0.4 is 0 Å². The minimum atomic E-state index is -0.528. The van der Waals surface area contributed by atoms with E-state index in [-0.39, 0.29) is 0 Å². The SMILES string of the molecule is CC.CC.CC.CC.CC(C)c1ccccc1.CC(C)c1ccccc1.Cc1cc(C2(c3cc(C)c(O)c(C)c3)c3ccccc3-c3ccccc32)cc(C)c1O.Oc1ccc2ccc3cccc4ccc1c2c34.c1ccc2c(-n3c4ccccc4c4ccccc43)cccc2c1. The molecule has 0 radical (unpaired) electrons. The third-order valence-electron chi connectivity index (χ3n) is 17.8. The van der Waals surface area contributed by atoms with Crippen molar-refractivity contribution in [3.8, 4) is 34.1 Å². The van der Waals surface area contributed by atoms with Gasteiger partial charge in [0.05, 0.1) is 22.1 Å². The molecule has 4 heteroatoms. The summed E-state index contributed by atoms with van der Waals surface area (Å²) in [5.74, 6) is 2.36. The van der Waals surface area contributed by atoms with Gasteiger partial charge < -0.3 is 19.9 Å². The summed E-state index contributed by atoms with van der Waals surface area (Å²) in [6.07, 6.45) is 0. The fourth-order valence-electron chi connectivity index (χ4n) is 13.3. The van der Waals surface area contributed by atoms with Crippen LogP contribution in [0.15, 0.2) is 279 Å². The number of hydrogen-bond donors (Lipinski definition) is 3. The molecule has 0 aliphatic heterocycles. The van der Waals surface area contributed by atoms with Gasteiger partial charge in [-0.2, -0.15) is 0 Å². The van der Waals surface area contributed by atoms with E-state index in [2.05, 4.69) is 281 Å². The third kappa shape index (κ3) is 15.0. The van der Waals surface area contributed by atoms with E-state index in [4.69, 9.17) is 0 Å². The largest absolute Gasteiger partial charge is 0.507 e. The number of benzene rings is 14. The molecule has 0 unspecified atom stereocenters. The molecule has 0 bridgehead atoms. The van der Waals surface area contributed by atoms with Crippen LogP contribution in [0.25, 0.3) is 81.7 Å². The quantitative estimate of drug-likeness (QED) is 0.150. The zero-order valence-electron chi connectivity index (χ0n) is 60.0. The maximum atomic E-state index is 10.5. The Morgan fingerprint density at radius 1 is 0.299 bits per heavy atom. The van der Waals surface area contributed by atoms with Crippen molar-refractivity contribution >= 4 is 64.9 Å². The zero-order chi connectivity index (χ0) is 69.9. The molecule has 0 atom stereocenters. The van der Waals surface area contributed by atoms with Gasteiger partial charge in [-0.1, -0.05) is 338 Å². The lowest BCUT2D eigenvalue weighted by atomic mass is 9.66. The summed E-state index contributed by atoms with van der Waals surface area (Å²) < 4.78 is 2.38. The predicted octanol–water partition coefficient (Wildman–Crippen LogP) is 26.6. The summed E-state index contributed by atoms with van der Waals surface area (Å²) in [7, 11) is 0. The normalized spacial score (nSPS) is 11.3. The summed E-state index contributed by atoms with van der Waals surface area (Å²) in [4.78, 5) is 0. The first kappa shape index (κ1) is 72.4. The average Bonchev–Trinajstić information content (AvgIpc) is 1.42. The monoisotopic (exact) mass is 1280 g/mol. The lowest BCUT2D eigenvalue weighted by Crippen LogP contribution is -2.29. The van der Waals surface area contributed by atoms with Gasteiger partial charge in [-0.15, -0.1) is 0 Å². The molecule has 0 saturated heterocycles. The van der Waals surface area contributed by atoms with E-state index in [9.17, 15) is 15.3 Å². The highest BCUT2D eigenvalue weighted by Gasteiger charge is 2.46. The van der Waals surface area contributed by atoms with Crippen LogP contribution in [-0.4, -0.2) is 19.9 Å². The van der Waals surface area contributed by atoms with Crippen molar-refractivity contribution in [2.75, 3.05) is 0 Å². The molecule has 3 N–H and O–H groups in total. The van der Waals surface area contributed by atoms with Crippen molar-refractivity contribution in [1.29, 1.82) is 0 Å². The lowest BCUT2D eigenvalue weighted by Gasteiger charge is -2.35. The Labute approximate surface area is 578 Å². The average molecular weight is 1280 g/mol. The molecule has 97 heavy (non-hydrogen) atoms. The number of aryl methyl sites for hydroxylation is 4. The number of aromatic nitrogens is 1. The Balaban J connectivity index is 0.000000161. The lowest BCUT2D eigenvalue weighted by molar-refractivity contribution is 0.466. The first-order valence-corrected chi connectivity index (χ1v) is 35.0. The van der Waals surface area contributed by atoms with E-state index in [1.165, 1.54) is 98.6 Å². The fourth-order valence-corrected chi connectivity index (χ4v) is 13.3. The molecule has 494 valence electrons. The number of para-hydroxylation sites is 2. The van der Waals surface area contributed by atoms with Crippen LogP contribution in [0.3, 0.4) is 0 Å². The summed E-state index contributed by atoms with van der Waals surface area (Å²) in [6.45, 7) is 32.6. The van der Waals surface area contributed by atoms with Gasteiger partial charge >= 0.3 is 0 Å². The molecule has 1 aliphatic carbocycles. The van der Waals surface area contributed by atoms with Gasteiger partial charge in [0.25, 0.3) is 0 Å². The number of phenolic OH excluding ortho intramolecular Hbond substituents is 3. The first-order chi connectivity index (χ1) is 47.2. The van der Waals surface area contributed by atoms with Crippen molar-refractivity contribution in [3.05, 3.63) is 335 Å². The molecule has 4 nitrogen and oxygen atoms in total. The van der Waals surface area contributed by atoms with E-state index in [1.807, 2.05) is 107 Å². The topological polar surface area (TPSA) is 65.6 Å². The van der Waals surface area contributed by atoms with E-state index in [0.29, 0.717) is 29.1 Å². The smallest absolute Gasteiger partial charge is 0.123 e. The second kappa shape index (κ2) is 33.8. The van der Waals surface area contributed by atoms with E-state index >= 15 is 0 Å². The molecule has 1 heterocycles. The maximum absolute atomic E-state index is 10.5. The molecule has 1 aromatic heterocycles. The molecule has 14 aromatic carbocycles. The Kier molecular flexibility index (Phi) is 25.2. The number of rotatable bonds is 5. The second-order valence-electron chi connectivity index (χ2n) is 24.2. The van der Waals surface area contributed by atoms with Crippen molar-refractivity contribution in [2.45, 2.75) is 128 Å². The molecule has 15 aromatic rings. The van der Waals surface area contributed by atoms with Crippen LogP contribution in [0.5, 0.6) is 17.2 Å². The number of hydrogen-bond acceptors (Lipinski definition) is 3. The molecular formula is C93H99NO3. The maximum Gasteiger partial charge on any atom is 0.123 e. The standard InChI is InChI=1S/C29H26O2.C22H15N.C16H10O.2C9H12.4C2H6/c1-17-13-21(14-18(2)27(17)30)29(22-15-19(3)28(31)20(4)16-22)25-11-7-5-9-23(25)24-10-6-8-12-26(24)29;1-2-10-17-16(8-1)9-7-15-20(17)23-21-13-5-3-11-18(21)19-12-4-6-14-22(19)23;17-14-9-7-12-5-4-10-2-1-3-11-6-8-13(14)16(12)15(10)11;2*1-8(2)9-6-4-3-5-7-9;4*1-2/h5-16,30-31H,1-4H3;1-15H;1-9,17H;2*3-8H,1-2H3;4*1-2H3. The van der Waals surface area contributed by atoms with Gasteiger partial charge in [0.2, 0.25) is 0 Å². The van der Waals surface area contributed by atoms with Crippen LogP contribution in [0.1, 0.15) is 151 Å². The van der Waals surface area contributed by atoms with Gasteiger partial charge in [0.1, 0.15) is 17.2 Å². The predicted molar refractivity (Wildman–Crippen MR) is 423 cm³/mol. The highest BCUT2D eigenvalue weighted by molar-refractivity contribution is 6.24. The van der Waals surface area contributed by atoms with E-state index in [1.54, 1.807) is 6.07 Å². The van der Waals surface area contributed by atoms with E-state index in [0.717, 1.165) is 38.8 Å². The van der Waals surface area contributed by atoms with Gasteiger partial charge in [-0.3, -0.25) is 0 Å². The van der Waals surface area contributed by atoms with Crippen molar-refractivity contribution in [3.63, 3.8) is 0 Å². The summed E-state index contributed by atoms with van der Waals surface area (Å²) in [5, 5.41) is 43.1. The second-order valence-corrected chi connectivity index (χ2v) is 24.2. The van der Waals surface area contributed by atoms with Gasteiger partial charge in [0.15, 0.2) is 0 Å². The molecule has 0 spiro atoms. The van der Waals surface area contributed by atoms with Crippen molar-refractivity contribution < 1.29 is 15.3 Å². The van der Waals surface area contributed by atoms with Crippen LogP contribution in [0.2, 0.25) is 0 Å². The van der Waals surface area contributed by atoms with Crippen molar-refractivity contribution in [1.82, 2.24) is 4.57 Å². The van der Waals surface area contributed by atoms with Crippen LogP contribution >= 0.6 is 0 Å². The number of aromatic hydroxyl groups is 3. The summed E-state index contributed by atoms with van der Waals surface area (Å²) in [5.41, 5.74) is 16.7. The Morgan fingerprint density at radius 2 is 0.639 bits per heavy atom. The highest BCUT2D eigenvalue weighted by Crippen LogP contribution is 2.57. The molecule has 0 fully saturated rings. The third-order valence-corrected chi connectivity index (χ3v) is 17.8. The Hall–Kier alpha value is -10.4. The fraction of sp³-hybridized carbons (Fsp3) is 0.204. The zero-order valence-corrected chi connectivity index (χ0v) is 60.0. The highest BCUT2D eigenvalue weighted by atomic mass is 16.3. The van der Waals surface area contributed by atoms with Gasteiger partial charge in [-0.25, -0.2) is 0 Å². The minimum Gasteiger partial charge on any atom is -0.507 e. The van der Waals surface area contributed by atoms with E-state index < -0.39 is 5.41 Å². The summed E-state index contributed by atoms with van der Waals surface area (Å²) >= 11 is 0. The Morgan fingerprint density at radius 3 is 1.08 bits per heavy atom. The van der Waals surface area contributed by atoms with Crippen molar-refractivity contribution in [2.24, 2.45) is 0 Å². The number of phenols is 3. The van der Waals surface area contributed by atoms with Gasteiger partial charge in [0, 0.05) is 26.9 Å². The van der Waals surface area contributed by atoms with Crippen LogP contribution in [-0.2, 0) is 5.41 Å². The van der Waals surface area contributed by atoms with Gasteiger partial charge in [-0.05, 0) is 157 Å².